The van der Waals surface area contributed by atoms with E-state index in [1.54, 1.807) is 38.2 Å². The second-order valence-corrected chi connectivity index (χ2v) is 17.1. The maximum Gasteiger partial charge on any atom is 0.312 e. The van der Waals surface area contributed by atoms with Gasteiger partial charge in [0.1, 0.15) is 22.9 Å². The third kappa shape index (κ3) is 8.08. The highest BCUT2D eigenvalue weighted by Gasteiger charge is 2.54. The number of phenols is 1. The molecule has 5 bridgehead atoms. The van der Waals surface area contributed by atoms with E-state index in [0.717, 1.165) is 19.6 Å². The van der Waals surface area contributed by atoms with Crippen LogP contribution in [0.25, 0.3) is 0 Å². The van der Waals surface area contributed by atoms with Gasteiger partial charge in [0.25, 0.3) is 11.7 Å². The standard InChI is InChI=1S/C44H60N4O9/c1-10-55-39-25(5)15-12-20-56-43(9)41(53)33-31-32(37(51)28(8)40(33)57-43)38(52)36(35-34(31)46-44(47-35)16-18-48(19-17-44)22-23(2)3)45-42(54)26(6)14-11-13-24(4)29(49)21-30(50)27(39)7/h11-14,20,23-25,27,29-30,39,47,49-51H,10,15-19,21-22H2,1-9H3,(H,45,54)/b13-11+,20-12+,26-14-/t24?,25-,27-,29-,30?,39-,43?/m1/s1. The van der Waals surface area contributed by atoms with Crippen LogP contribution in [0.1, 0.15) is 113 Å². The Hall–Kier alpha value is -4.30. The van der Waals surface area contributed by atoms with Crippen LogP contribution in [-0.2, 0) is 14.3 Å². The largest absolute Gasteiger partial charge is 0.507 e. The first-order chi connectivity index (χ1) is 26.9. The Morgan fingerprint density at radius 3 is 2.40 bits per heavy atom. The Labute approximate surface area is 335 Å². The van der Waals surface area contributed by atoms with Crippen molar-refractivity contribution >= 4 is 23.2 Å². The van der Waals surface area contributed by atoms with Crippen LogP contribution in [0.4, 0.5) is 0 Å². The van der Waals surface area contributed by atoms with Crippen LogP contribution in [0.2, 0.25) is 0 Å². The Morgan fingerprint density at radius 2 is 1.74 bits per heavy atom. The van der Waals surface area contributed by atoms with Crippen LogP contribution < -0.4 is 15.4 Å². The number of fused-ring (bicyclic) bond motifs is 3. The first-order valence-electron chi connectivity index (χ1n) is 20.4. The normalized spacial score (nSPS) is 32.9. The van der Waals surface area contributed by atoms with Crippen molar-refractivity contribution in [3.05, 3.63) is 69.8 Å². The highest BCUT2D eigenvalue weighted by molar-refractivity contribution is 6.34. The number of allylic oxidation sites excluding steroid dienone is 5. The number of hydrogen-bond donors (Lipinski definition) is 5. The summed E-state index contributed by atoms with van der Waals surface area (Å²) >= 11 is 0. The van der Waals surface area contributed by atoms with Crippen LogP contribution >= 0.6 is 0 Å². The lowest BCUT2D eigenvalue weighted by atomic mass is 9.82. The molecule has 6 rings (SSSR count). The monoisotopic (exact) mass is 788 g/mol. The van der Waals surface area contributed by atoms with Gasteiger partial charge in [0.2, 0.25) is 5.78 Å². The second-order valence-electron chi connectivity index (χ2n) is 17.1. The maximum atomic E-state index is 14.6. The molecule has 1 aromatic carbocycles. The molecule has 1 fully saturated rings. The molecule has 57 heavy (non-hydrogen) atoms. The van der Waals surface area contributed by atoms with Gasteiger partial charge < -0.3 is 45.1 Å². The minimum Gasteiger partial charge on any atom is -0.507 e. The third-order valence-electron chi connectivity index (χ3n) is 12.2. The fraction of sp³-hybridized carbons (Fsp3) is 0.591. The van der Waals surface area contributed by atoms with Crippen LogP contribution in [0.15, 0.2) is 52.5 Å². The van der Waals surface area contributed by atoms with Crippen molar-refractivity contribution in [3.8, 4) is 11.5 Å². The minimum atomic E-state index is -1.83. The number of aliphatic hydroxyl groups is 2. The number of nitrogens with zero attached hydrogens (tertiary/aromatic N) is 2. The van der Waals surface area contributed by atoms with Gasteiger partial charge in [0.15, 0.2) is 0 Å². The second kappa shape index (κ2) is 16.5. The van der Waals surface area contributed by atoms with Crippen molar-refractivity contribution in [1.82, 2.24) is 15.5 Å². The van der Waals surface area contributed by atoms with Gasteiger partial charge in [-0.05, 0) is 45.1 Å². The number of nitrogens with one attached hydrogen (secondary N) is 2. The van der Waals surface area contributed by atoms with Crippen molar-refractivity contribution in [1.29, 1.82) is 0 Å². The predicted molar refractivity (Wildman–Crippen MR) is 216 cm³/mol. The topological polar surface area (TPSA) is 179 Å². The van der Waals surface area contributed by atoms with Crippen LogP contribution in [0.3, 0.4) is 0 Å². The fourth-order valence-corrected chi connectivity index (χ4v) is 8.65. The van der Waals surface area contributed by atoms with E-state index in [1.165, 1.54) is 13.2 Å². The predicted octanol–water partition coefficient (Wildman–Crippen LogP) is 5.22. The number of aromatic hydroxyl groups is 1. The van der Waals surface area contributed by atoms with Gasteiger partial charge in [0, 0.05) is 81.0 Å². The van der Waals surface area contributed by atoms with Gasteiger partial charge in [-0.2, -0.15) is 0 Å². The first kappa shape index (κ1) is 42.3. The van der Waals surface area contributed by atoms with E-state index in [2.05, 4.69) is 29.4 Å². The van der Waals surface area contributed by atoms with Gasteiger partial charge in [-0.3, -0.25) is 19.4 Å². The quantitative estimate of drug-likeness (QED) is 0.270. The van der Waals surface area contributed by atoms with E-state index in [9.17, 15) is 29.7 Å². The zero-order chi connectivity index (χ0) is 41.6. The average Bonchev–Trinajstić information content (AvgIpc) is 3.66. The number of piperidine rings is 1. The molecule has 3 unspecified atom stereocenters. The number of aliphatic imine (C=N–C) groups is 1. The molecule has 7 atom stereocenters. The molecule has 1 spiro atoms. The molecule has 310 valence electrons. The minimum absolute atomic E-state index is 0.0757. The smallest absolute Gasteiger partial charge is 0.312 e. The number of rotatable bonds is 4. The van der Waals surface area contributed by atoms with Crippen molar-refractivity contribution in [2.45, 2.75) is 118 Å². The van der Waals surface area contributed by atoms with Gasteiger partial charge >= 0.3 is 5.79 Å². The Morgan fingerprint density at radius 1 is 1.04 bits per heavy atom. The summed E-state index contributed by atoms with van der Waals surface area (Å²) in [4.78, 5) is 50.6. The molecule has 0 aromatic heterocycles. The molecule has 5 aliphatic rings. The number of carbonyl (C=O) groups excluding carboxylic acids is 3. The molecule has 13 heteroatoms. The van der Waals surface area contributed by atoms with Crippen LogP contribution in [0, 0.1) is 30.6 Å². The number of ether oxygens (including phenoxy) is 3. The summed E-state index contributed by atoms with van der Waals surface area (Å²) in [6.45, 7) is 19.5. The van der Waals surface area contributed by atoms with Crippen LogP contribution in [0.5, 0.6) is 11.5 Å². The number of benzene rings is 1. The molecule has 1 amide bonds. The number of amides is 1. The molecule has 13 nitrogen and oxygen atoms in total. The van der Waals surface area contributed by atoms with Crippen molar-refractivity contribution < 1.29 is 43.9 Å². The van der Waals surface area contributed by atoms with Gasteiger partial charge in [-0.1, -0.05) is 52.8 Å². The van der Waals surface area contributed by atoms with Gasteiger partial charge in [-0.15, -0.1) is 0 Å². The molecule has 4 aliphatic heterocycles. The molecule has 5 N–H and O–H groups in total. The zero-order valence-corrected chi connectivity index (χ0v) is 34.8. The summed E-state index contributed by atoms with van der Waals surface area (Å²) in [5, 5.41) is 40.3. The number of phenolic OH excluding ortho intramolecular Hbond substituents is 1. The molecule has 0 saturated carbocycles. The Bertz CT molecular complexity index is 1940. The Kier molecular flexibility index (Phi) is 12.3. The molecular formula is C44H60N4O9. The number of aliphatic hydroxyl groups excluding tert-OH is 2. The van der Waals surface area contributed by atoms with E-state index in [4.69, 9.17) is 19.2 Å². The molecule has 1 aromatic rings. The average molecular weight is 789 g/mol. The highest BCUT2D eigenvalue weighted by atomic mass is 16.7. The summed E-state index contributed by atoms with van der Waals surface area (Å²) < 4.78 is 18.4. The summed E-state index contributed by atoms with van der Waals surface area (Å²) in [6.07, 6.45) is 7.97. The number of ketones is 2. The number of Topliss-reactive ketones (excluding diaryl/α,β-unsaturated/α-hetero) is 2. The molecule has 4 heterocycles. The molecular weight excluding hydrogens is 729 g/mol. The van der Waals surface area contributed by atoms with Crippen LogP contribution in [-0.4, -0.2) is 99.4 Å². The fourth-order valence-electron chi connectivity index (χ4n) is 8.65. The summed E-state index contributed by atoms with van der Waals surface area (Å²) in [7, 11) is 0. The Balaban J connectivity index is 1.46. The summed E-state index contributed by atoms with van der Waals surface area (Å²) in [6, 6.07) is 0. The number of likely N-dealkylation sites (tertiary alicyclic amines) is 1. The first-order valence-corrected chi connectivity index (χ1v) is 20.4. The van der Waals surface area contributed by atoms with Crippen molar-refractivity contribution in [3.63, 3.8) is 0 Å². The van der Waals surface area contributed by atoms with E-state index >= 15 is 0 Å². The third-order valence-corrected chi connectivity index (χ3v) is 12.2. The van der Waals surface area contributed by atoms with Crippen molar-refractivity contribution in [2.75, 3.05) is 26.2 Å². The summed E-state index contributed by atoms with van der Waals surface area (Å²) in [5.41, 5.74) is 0.255. The lowest BCUT2D eigenvalue weighted by molar-refractivity contribution is -0.116. The van der Waals surface area contributed by atoms with Crippen molar-refractivity contribution in [2.24, 2.45) is 28.7 Å². The molecule has 0 radical (unpaired) electrons. The number of hydrogen-bond acceptors (Lipinski definition) is 12. The zero-order valence-electron chi connectivity index (χ0n) is 34.8. The highest BCUT2D eigenvalue weighted by Crippen LogP contribution is 2.50. The van der Waals surface area contributed by atoms with Gasteiger partial charge in [-0.25, -0.2) is 0 Å². The van der Waals surface area contributed by atoms with E-state index in [1.807, 2.05) is 27.7 Å². The van der Waals surface area contributed by atoms with E-state index < -0.39 is 41.1 Å². The van der Waals surface area contributed by atoms with E-state index in [-0.39, 0.29) is 81.0 Å². The molecule has 1 saturated heterocycles. The lowest BCUT2D eigenvalue weighted by Gasteiger charge is -2.38. The van der Waals surface area contributed by atoms with E-state index in [0.29, 0.717) is 37.5 Å². The summed E-state index contributed by atoms with van der Waals surface area (Å²) in [5.74, 6) is -4.12. The SMILES string of the molecule is CCO[C@@H]1[C@H](C)C/C=C/OC2(C)Oc3c(C)c(O)c4c(c3C2=O)C2=NC3(CCN(CC(C)C)CC3)NC2=C(NC(=O)/C(C)=C\C=C\C(C)[C@H](O)CC(O)[C@H]1C)C4=O. The maximum absolute atomic E-state index is 14.6. The van der Waals surface area contributed by atoms with Gasteiger partial charge in [0.05, 0.1) is 47.1 Å². The molecule has 1 aliphatic carbocycles. The lowest BCUT2D eigenvalue weighted by Crippen LogP contribution is -2.50. The number of carbonyl (C=O) groups is 3.